The van der Waals surface area contributed by atoms with E-state index < -0.39 is 15.9 Å². The summed E-state index contributed by atoms with van der Waals surface area (Å²) < 4.78 is 32.6. The van der Waals surface area contributed by atoms with Crippen molar-refractivity contribution >= 4 is 27.7 Å². The molecular formula is C19H24N2O4S2. The van der Waals surface area contributed by atoms with Gasteiger partial charge in [-0.15, -0.1) is 0 Å². The van der Waals surface area contributed by atoms with E-state index in [-0.39, 0.29) is 10.5 Å². The number of hydrogen-bond acceptors (Lipinski definition) is 5. The average Bonchev–Trinajstić information content (AvgIpc) is 2.67. The lowest BCUT2D eigenvalue weighted by atomic mass is 10.2. The molecule has 0 radical (unpaired) electrons. The van der Waals surface area contributed by atoms with E-state index >= 15 is 0 Å². The molecule has 0 aliphatic heterocycles. The fourth-order valence-electron chi connectivity index (χ4n) is 2.37. The highest BCUT2D eigenvalue weighted by atomic mass is 32.2. The summed E-state index contributed by atoms with van der Waals surface area (Å²) in [7, 11) is -0.790. The van der Waals surface area contributed by atoms with Crippen molar-refractivity contribution in [1.82, 2.24) is 10.0 Å². The minimum Gasteiger partial charge on any atom is -0.496 e. The van der Waals surface area contributed by atoms with E-state index in [1.54, 1.807) is 11.8 Å². The molecule has 1 amide bonds. The molecule has 0 aliphatic carbocycles. The second-order valence-electron chi connectivity index (χ2n) is 5.88. The van der Waals surface area contributed by atoms with Crippen LogP contribution in [0.4, 0.5) is 0 Å². The minimum absolute atomic E-state index is 0.0328. The molecule has 0 bridgehead atoms. The van der Waals surface area contributed by atoms with E-state index in [0.717, 1.165) is 5.75 Å². The lowest BCUT2D eigenvalue weighted by Crippen LogP contribution is -2.27. The van der Waals surface area contributed by atoms with Gasteiger partial charge >= 0.3 is 0 Å². The molecule has 6 nitrogen and oxygen atoms in total. The van der Waals surface area contributed by atoms with E-state index in [1.807, 2.05) is 6.92 Å². The molecular weight excluding hydrogens is 384 g/mol. The second-order valence-corrected chi connectivity index (χ2v) is 8.75. The summed E-state index contributed by atoms with van der Waals surface area (Å²) in [5.41, 5.74) is 2.60. The first-order valence-electron chi connectivity index (χ1n) is 8.40. The van der Waals surface area contributed by atoms with Gasteiger partial charge in [-0.3, -0.25) is 4.79 Å². The van der Waals surface area contributed by atoms with Gasteiger partial charge in [-0.25, -0.2) is 13.1 Å². The number of thioether (sulfide) groups is 1. The van der Waals surface area contributed by atoms with Crippen molar-refractivity contribution in [3.05, 3.63) is 59.2 Å². The van der Waals surface area contributed by atoms with Gasteiger partial charge in [0.2, 0.25) is 10.0 Å². The highest BCUT2D eigenvalue weighted by molar-refractivity contribution is 7.98. The number of aryl methyl sites for hydroxylation is 1. The number of amides is 1. The lowest BCUT2D eigenvalue weighted by molar-refractivity contribution is 0.0960. The van der Waals surface area contributed by atoms with Crippen molar-refractivity contribution in [1.29, 1.82) is 0 Å². The number of methoxy groups -OCH3 is 1. The van der Waals surface area contributed by atoms with Crippen LogP contribution >= 0.6 is 11.8 Å². The zero-order chi connectivity index (χ0) is 19.9. The van der Waals surface area contributed by atoms with Gasteiger partial charge in [-0.2, -0.15) is 11.8 Å². The molecule has 0 atom stereocenters. The monoisotopic (exact) mass is 408 g/mol. The summed E-state index contributed by atoms with van der Waals surface area (Å²) in [5.74, 6) is 1.39. The summed E-state index contributed by atoms with van der Waals surface area (Å²) in [4.78, 5) is 12.0. The zero-order valence-corrected chi connectivity index (χ0v) is 17.2. The van der Waals surface area contributed by atoms with E-state index in [9.17, 15) is 13.2 Å². The standard InChI is InChI=1S/C19H24N2O4S2/c1-14-4-6-15(7-5-14)13-26-11-10-21-27(23,24)16-8-9-18(25-3)17(12-16)19(22)20-2/h4-9,12,21H,10-11,13H2,1-3H3,(H,20,22). The molecule has 0 aliphatic rings. The molecule has 146 valence electrons. The van der Waals surface area contributed by atoms with E-state index in [4.69, 9.17) is 4.74 Å². The first-order chi connectivity index (χ1) is 12.9. The summed E-state index contributed by atoms with van der Waals surface area (Å²) in [6.45, 7) is 2.35. The van der Waals surface area contributed by atoms with Gasteiger partial charge in [-0.1, -0.05) is 29.8 Å². The van der Waals surface area contributed by atoms with Crippen LogP contribution in [0.5, 0.6) is 5.75 Å². The van der Waals surface area contributed by atoms with Crippen LogP contribution in [0, 0.1) is 6.92 Å². The molecule has 0 unspecified atom stereocenters. The largest absolute Gasteiger partial charge is 0.496 e. The van der Waals surface area contributed by atoms with Crippen LogP contribution in [0.3, 0.4) is 0 Å². The molecule has 0 heterocycles. The third-order valence-electron chi connectivity index (χ3n) is 3.88. The number of ether oxygens (including phenoxy) is 1. The summed E-state index contributed by atoms with van der Waals surface area (Å²) >= 11 is 1.65. The van der Waals surface area contributed by atoms with Crippen LogP contribution < -0.4 is 14.8 Å². The molecule has 2 N–H and O–H groups in total. The Kier molecular flexibility index (Phi) is 7.70. The molecule has 0 spiro atoms. The van der Waals surface area contributed by atoms with Crippen LogP contribution in [0.25, 0.3) is 0 Å². The first kappa shape index (κ1) is 21.3. The average molecular weight is 409 g/mol. The summed E-state index contributed by atoms with van der Waals surface area (Å²) in [5, 5.41) is 2.48. The maximum absolute atomic E-state index is 12.5. The van der Waals surface area contributed by atoms with E-state index in [2.05, 4.69) is 34.3 Å². The fraction of sp³-hybridized carbons (Fsp3) is 0.316. The Labute approximate surface area is 164 Å². The maximum Gasteiger partial charge on any atom is 0.254 e. The van der Waals surface area contributed by atoms with Crippen LogP contribution in [-0.4, -0.2) is 40.8 Å². The van der Waals surface area contributed by atoms with Gasteiger partial charge in [0.25, 0.3) is 5.91 Å². The predicted molar refractivity (Wildman–Crippen MR) is 109 cm³/mol. The number of benzene rings is 2. The topological polar surface area (TPSA) is 84.5 Å². The van der Waals surface area contributed by atoms with Crippen LogP contribution in [0.2, 0.25) is 0 Å². The first-order valence-corrected chi connectivity index (χ1v) is 11.0. The van der Waals surface area contributed by atoms with Crippen LogP contribution in [0.15, 0.2) is 47.4 Å². The van der Waals surface area contributed by atoms with Crippen molar-refractivity contribution in [3.8, 4) is 5.75 Å². The Morgan fingerprint density at radius 1 is 1.15 bits per heavy atom. The third-order valence-corrected chi connectivity index (χ3v) is 6.37. The molecule has 8 heteroatoms. The smallest absolute Gasteiger partial charge is 0.254 e. The quantitative estimate of drug-likeness (QED) is 0.623. The van der Waals surface area contributed by atoms with Crippen LogP contribution in [0.1, 0.15) is 21.5 Å². The third kappa shape index (κ3) is 5.98. The Morgan fingerprint density at radius 3 is 2.48 bits per heavy atom. The number of rotatable bonds is 9. The second kappa shape index (κ2) is 9.77. The molecule has 0 saturated heterocycles. The van der Waals surface area contributed by atoms with Gasteiger partial charge in [0.1, 0.15) is 5.75 Å². The number of carbonyl (C=O) groups is 1. The van der Waals surface area contributed by atoms with Crippen LogP contribution in [-0.2, 0) is 15.8 Å². The highest BCUT2D eigenvalue weighted by Crippen LogP contribution is 2.22. The van der Waals surface area contributed by atoms with Gasteiger partial charge in [-0.05, 0) is 30.7 Å². The zero-order valence-electron chi connectivity index (χ0n) is 15.6. The molecule has 2 aromatic carbocycles. The van der Waals surface area contributed by atoms with E-state index in [1.165, 1.54) is 43.5 Å². The normalized spacial score (nSPS) is 11.2. The number of hydrogen-bond donors (Lipinski definition) is 2. The number of carbonyl (C=O) groups excluding carboxylic acids is 1. The van der Waals surface area contributed by atoms with Gasteiger partial charge in [0, 0.05) is 25.1 Å². The van der Waals surface area contributed by atoms with Crippen molar-refractivity contribution < 1.29 is 17.9 Å². The van der Waals surface area contributed by atoms with E-state index in [0.29, 0.717) is 18.0 Å². The fourth-order valence-corrected chi connectivity index (χ4v) is 4.38. The number of sulfonamides is 1. The maximum atomic E-state index is 12.5. The molecule has 27 heavy (non-hydrogen) atoms. The molecule has 0 fully saturated rings. The predicted octanol–water partition coefficient (Wildman–Crippen LogP) is 2.57. The Hall–Kier alpha value is -2.03. The highest BCUT2D eigenvalue weighted by Gasteiger charge is 2.19. The Balaban J connectivity index is 1.94. The van der Waals surface area contributed by atoms with Crippen molar-refractivity contribution in [2.75, 3.05) is 26.5 Å². The summed E-state index contributed by atoms with van der Waals surface area (Å²) in [6.07, 6.45) is 0. The van der Waals surface area contributed by atoms with Gasteiger partial charge in [0.05, 0.1) is 17.6 Å². The van der Waals surface area contributed by atoms with Gasteiger partial charge < -0.3 is 10.1 Å². The summed E-state index contributed by atoms with van der Waals surface area (Å²) in [6, 6.07) is 12.5. The molecule has 2 aromatic rings. The SMILES string of the molecule is CNC(=O)c1cc(S(=O)(=O)NCCSCc2ccc(C)cc2)ccc1OC. The van der Waals surface area contributed by atoms with Crippen molar-refractivity contribution in [3.63, 3.8) is 0 Å². The molecule has 0 aromatic heterocycles. The van der Waals surface area contributed by atoms with Crippen molar-refractivity contribution in [2.24, 2.45) is 0 Å². The Bertz CT molecular complexity index is 881. The minimum atomic E-state index is -3.70. The number of nitrogens with one attached hydrogen (secondary N) is 2. The molecule has 0 saturated carbocycles. The van der Waals surface area contributed by atoms with Crippen molar-refractivity contribution in [2.45, 2.75) is 17.6 Å². The lowest BCUT2D eigenvalue weighted by Gasteiger charge is -2.11. The Morgan fingerprint density at radius 2 is 1.85 bits per heavy atom. The molecule has 2 rings (SSSR count). The van der Waals surface area contributed by atoms with Gasteiger partial charge in [0.15, 0.2) is 0 Å².